The topological polar surface area (TPSA) is 46.0 Å². The zero-order valence-corrected chi connectivity index (χ0v) is 12.5. The third-order valence-corrected chi connectivity index (χ3v) is 3.91. The summed E-state index contributed by atoms with van der Waals surface area (Å²) in [7, 11) is 6.21. The molecule has 1 heterocycles. The third-order valence-electron chi connectivity index (χ3n) is 3.91. The molecular weight excluding hydrogens is 238 g/mol. The zero-order chi connectivity index (χ0) is 13.7. The molecule has 0 atom stereocenters. The highest BCUT2D eigenvalue weighted by atomic mass is 15.4. The standard InChI is InChI=1S/C14H27N5/c1-15-11-13-14(12-7-4-5-8-12)19(17-16-13)10-6-9-18(2)3/h12,15H,4-11H2,1-3H3. The lowest BCUT2D eigenvalue weighted by atomic mass is 10.0. The minimum atomic E-state index is 0.678. The van der Waals surface area contributed by atoms with Crippen LogP contribution in [0.3, 0.4) is 0 Å². The van der Waals surface area contributed by atoms with Gasteiger partial charge in [0.2, 0.25) is 0 Å². The number of aryl methyl sites for hydroxylation is 1. The Kier molecular flexibility index (Phi) is 5.34. The molecule has 1 saturated carbocycles. The van der Waals surface area contributed by atoms with Gasteiger partial charge >= 0.3 is 0 Å². The Morgan fingerprint density at radius 2 is 2.05 bits per heavy atom. The van der Waals surface area contributed by atoms with Crippen LogP contribution in [0.25, 0.3) is 0 Å². The lowest BCUT2D eigenvalue weighted by molar-refractivity contribution is 0.374. The molecule has 108 valence electrons. The van der Waals surface area contributed by atoms with E-state index in [1.54, 1.807) is 0 Å². The van der Waals surface area contributed by atoms with Gasteiger partial charge in [0.15, 0.2) is 0 Å². The van der Waals surface area contributed by atoms with E-state index in [2.05, 4.69) is 39.3 Å². The molecule has 1 aliphatic rings. The van der Waals surface area contributed by atoms with Gasteiger partial charge in [0.05, 0.1) is 11.4 Å². The first-order valence-corrected chi connectivity index (χ1v) is 7.44. The highest BCUT2D eigenvalue weighted by molar-refractivity contribution is 5.17. The smallest absolute Gasteiger partial charge is 0.0999 e. The second-order valence-electron chi connectivity index (χ2n) is 5.81. The zero-order valence-electron chi connectivity index (χ0n) is 12.5. The van der Waals surface area contributed by atoms with Crippen molar-refractivity contribution in [3.05, 3.63) is 11.4 Å². The van der Waals surface area contributed by atoms with Gasteiger partial charge in [-0.15, -0.1) is 5.10 Å². The van der Waals surface area contributed by atoms with E-state index in [9.17, 15) is 0 Å². The summed E-state index contributed by atoms with van der Waals surface area (Å²) in [5.74, 6) is 0.678. The molecule has 0 radical (unpaired) electrons. The summed E-state index contributed by atoms with van der Waals surface area (Å²) >= 11 is 0. The van der Waals surface area contributed by atoms with Crippen LogP contribution in [-0.4, -0.2) is 47.6 Å². The molecule has 1 fully saturated rings. The summed E-state index contributed by atoms with van der Waals surface area (Å²) in [6, 6.07) is 0. The summed E-state index contributed by atoms with van der Waals surface area (Å²) in [5.41, 5.74) is 2.55. The van der Waals surface area contributed by atoms with Gasteiger partial charge in [0.25, 0.3) is 0 Å². The Labute approximate surface area is 116 Å². The van der Waals surface area contributed by atoms with Crippen LogP contribution in [0.1, 0.15) is 49.4 Å². The fourth-order valence-electron chi connectivity index (χ4n) is 3.00. The first kappa shape index (κ1) is 14.5. The average Bonchev–Trinajstić information content (AvgIpc) is 2.98. The minimum Gasteiger partial charge on any atom is -0.314 e. The van der Waals surface area contributed by atoms with Gasteiger partial charge in [-0.2, -0.15) is 0 Å². The van der Waals surface area contributed by atoms with Gasteiger partial charge in [-0.05, 0) is 47.0 Å². The lowest BCUT2D eigenvalue weighted by Gasteiger charge is -2.15. The van der Waals surface area contributed by atoms with Crippen molar-refractivity contribution in [1.29, 1.82) is 0 Å². The van der Waals surface area contributed by atoms with Crippen molar-refractivity contribution in [3.8, 4) is 0 Å². The van der Waals surface area contributed by atoms with Gasteiger partial charge in [0, 0.05) is 19.0 Å². The Balaban J connectivity index is 2.08. The van der Waals surface area contributed by atoms with E-state index >= 15 is 0 Å². The number of nitrogens with zero attached hydrogens (tertiary/aromatic N) is 4. The molecule has 1 aromatic heterocycles. The normalized spacial score (nSPS) is 16.6. The molecular formula is C14H27N5. The Hall–Kier alpha value is -0.940. The van der Waals surface area contributed by atoms with Crippen LogP contribution < -0.4 is 5.32 Å². The molecule has 1 aromatic rings. The van der Waals surface area contributed by atoms with Crippen molar-refractivity contribution < 1.29 is 0 Å². The second-order valence-corrected chi connectivity index (χ2v) is 5.81. The van der Waals surface area contributed by atoms with Crippen LogP contribution in [0.15, 0.2) is 0 Å². The van der Waals surface area contributed by atoms with Crippen molar-refractivity contribution >= 4 is 0 Å². The molecule has 5 heteroatoms. The number of aromatic nitrogens is 3. The Morgan fingerprint density at radius 1 is 1.32 bits per heavy atom. The summed E-state index contributed by atoms with van der Waals surface area (Å²) in [6.07, 6.45) is 6.45. The van der Waals surface area contributed by atoms with Gasteiger partial charge in [-0.3, -0.25) is 0 Å². The molecule has 0 spiro atoms. The van der Waals surface area contributed by atoms with Gasteiger partial charge < -0.3 is 10.2 Å². The van der Waals surface area contributed by atoms with Crippen molar-refractivity contribution in [3.63, 3.8) is 0 Å². The molecule has 1 N–H and O–H groups in total. The first-order chi connectivity index (χ1) is 9.22. The lowest BCUT2D eigenvalue weighted by Crippen LogP contribution is -2.17. The van der Waals surface area contributed by atoms with Gasteiger partial charge in [0.1, 0.15) is 0 Å². The molecule has 1 aliphatic carbocycles. The van der Waals surface area contributed by atoms with Crippen LogP contribution >= 0.6 is 0 Å². The molecule has 0 amide bonds. The molecule has 19 heavy (non-hydrogen) atoms. The minimum absolute atomic E-state index is 0.678. The van der Waals surface area contributed by atoms with Crippen molar-refractivity contribution in [1.82, 2.24) is 25.2 Å². The monoisotopic (exact) mass is 265 g/mol. The Morgan fingerprint density at radius 3 is 2.68 bits per heavy atom. The number of nitrogens with one attached hydrogen (secondary N) is 1. The molecule has 2 rings (SSSR count). The van der Waals surface area contributed by atoms with Gasteiger partial charge in [-0.25, -0.2) is 4.68 Å². The SMILES string of the molecule is CNCc1nnn(CCCN(C)C)c1C1CCCC1. The second kappa shape index (κ2) is 7.01. The highest BCUT2D eigenvalue weighted by Gasteiger charge is 2.25. The molecule has 0 bridgehead atoms. The van der Waals surface area contributed by atoms with Crippen LogP contribution in [0.5, 0.6) is 0 Å². The quantitative estimate of drug-likeness (QED) is 0.813. The third kappa shape index (κ3) is 3.76. The summed E-state index contributed by atoms with van der Waals surface area (Å²) in [6.45, 7) is 2.92. The number of hydrogen-bond donors (Lipinski definition) is 1. The predicted molar refractivity (Wildman–Crippen MR) is 77.2 cm³/mol. The fourth-order valence-corrected chi connectivity index (χ4v) is 3.00. The largest absolute Gasteiger partial charge is 0.314 e. The molecule has 0 unspecified atom stereocenters. The van der Waals surface area contributed by atoms with E-state index in [1.165, 1.54) is 31.4 Å². The fraction of sp³-hybridized carbons (Fsp3) is 0.857. The molecule has 0 aliphatic heterocycles. The maximum Gasteiger partial charge on any atom is 0.0999 e. The van der Waals surface area contributed by atoms with E-state index in [0.717, 1.165) is 31.7 Å². The maximum atomic E-state index is 4.39. The van der Waals surface area contributed by atoms with Crippen LogP contribution in [0, 0.1) is 0 Å². The van der Waals surface area contributed by atoms with E-state index < -0.39 is 0 Å². The first-order valence-electron chi connectivity index (χ1n) is 7.44. The van der Waals surface area contributed by atoms with E-state index in [0.29, 0.717) is 5.92 Å². The van der Waals surface area contributed by atoms with Crippen LogP contribution in [0.4, 0.5) is 0 Å². The van der Waals surface area contributed by atoms with Crippen molar-refractivity contribution in [2.75, 3.05) is 27.7 Å². The highest BCUT2D eigenvalue weighted by Crippen LogP contribution is 2.35. The van der Waals surface area contributed by atoms with Crippen molar-refractivity contribution in [2.45, 2.75) is 51.1 Å². The predicted octanol–water partition coefficient (Wildman–Crippen LogP) is 1.61. The number of hydrogen-bond acceptors (Lipinski definition) is 4. The average molecular weight is 265 g/mol. The molecule has 5 nitrogen and oxygen atoms in total. The molecule has 0 saturated heterocycles. The maximum absolute atomic E-state index is 4.39. The van der Waals surface area contributed by atoms with Crippen LogP contribution in [-0.2, 0) is 13.1 Å². The molecule has 0 aromatic carbocycles. The van der Waals surface area contributed by atoms with E-state index in [4.69, 9.17) is 0 Å². The van der Waals surface area contributed by atoms with Gasteiger partial charge in [-0.1, -0.05) is 18.1 Å². The number of rotatable bonds is 7. The van der Waals surface area contributed by atoms with Crippen molar-refractivity contribution in [2.24, 2.45) is 0 Å². The van der Waals surface area contributed by atoms with E-state index in [-0.39, 0.29) is 0 Å². The summed E-state index contributed by atoms with van der Waals surface area (Å²) < 4.78 is 2.16. The van der Waals surface area contributed by atoms with Crippen LogP contribution in [0.2, 0.25) is 0 Å². The van der Waals surface area contributed by atoms with E-state index in [1.807, 2.05) is 7.05 Å². The summed E-state index contributed by atoms with van der Waals surface area (Å²) in [4.78, 5) is 2.22. The Bertz CT molecular complexity index is 379. The summed E-state index contributed by atoms with van der Waals surface area (Å²) in [5, 5.41) is 12.0.